The first-order valence-corrected chi connectivity index (χ1v) is 8.43. The number of rotatable bonds is 11. The quantitative estimate of drug-likeness (QED) is 0.333. The fraction of sp³-hybridized carbons (Fsp3) is 0.833. The molecule has 18 heavy (non-hydrogen) atoms. The van der Waals surface area contributed by atoms with Crippen molar-refractivity contribution in [2.45, 2.75) is 26.2 Å². The number of nitrogens with zero attached hydrogens (tertiary/aromatic N) is 2. The minimum atomic E-state index is 0.653. The summed E-state index contributed by atoms with van der Waals surface area (Å²) in [5, 5.41) is 0. The van der Waals surface area contributed by atoms with Gasteiger partial charge in [-0.05, 0) is 43.2 Å². The summed E-state index contributed by atoms with van der Waals surface area (Å²) in [6, 6.07) is 0. The Morgan fingerprint density at radius 2 is 1.67 bits per heavy atom. The van der Waals surface area contributed by atoms with E-state index in [0.29, 0.717) is 13.2 Å². The summed E-state index contributed by atoms with van der Waals surface area (Å²) < 4.78 is 19.2. The molecule has 0 amide bonds. The molecular formula is C12H24N2O2S2. The van der Waals surface area contributed by atoms with Gasteiger partial charge >= 0.3 is 0 Å². The van der Waals surface area contributed by atoms with Gasteiger partial charge in [-0.3, -0.25) is 0 Å². The van der Waals surface area contributed by atoms with Gasteiger partial charge in [-0.25, -0.2) is 8.80 Å². The average molecular weight is 292 g/mol. The van der Waals surface area contributed by atoms with Crippen LogP contribution < -0.4 is 0 Å². The van der Waals surface area contributed by atoms with Gasteiger partial charge in [-0.15, -0.1) is 0 Å². The maximum Gasteiger partial charge on any atom is 0.0708 e. The Bertz CT molecular complexity index is 258. The van der Waals surface area contributed by atoms with Gasteiger partial charge in [-0.2, -0.15) is 0 Å². The van der Waals surface area contributed by atoms with Gasteiger partial charge in [0.05, 0.1) is 24.6 Å². The summed E-state index contributed by atoms with van der Waals surface area (Å²) in [5.74, 6) is 0. The topological polar surface area (TPSA) is 43.2 Å². The first-order valence-electron chi connectivity index (χ1n) is 6.07. The number of ether oxygens (including phenoxy) is 2. The highest BCUT2D eigenvalue weighted by atomic mass is 32.2. The highest BCUT2D eigenvalue weighted by Gasteiger charge is 2.07. The van der Waals surface area contributed by atoms with Crippen molar-refractivity contribution in [3.63, 3.8) is 0 Å². The molecule has 0 aromatic heterocycles. The number of hydrogen-bond acceptors (Lipinski definition) is 6. The molecule has 0 atom stereocenters. The van der Waals surface area contributed by atoms with Crippen LogP contribution in [-0.4, -0.2) is 50.9 Å². The SMILES string of the molecule is CCC(=NSC)C(CCCOCCOC)=NSC. The summed E-state index contributed by atoms with van der Waals surface area (Å²) in [6.07, 6.45) is 6.75. The van der Waals surface area contributed by atoms with Crippen molar-refractivity contribution in [1.82, 2.24) is 0 Å². The zero-order valence-electron chi connectivity index (χ0n) is 11.8. The standard InChI is InChI=1S/C12H24N2O2S2/c1-5-11(13-17-3)12(14-18-4)7-6-8-16-10-9-15-2/h5-10H2,1-4H3. The summed E-state index contributed by atoms with van der Waals surface area (Å²) in [5.41, 5.74) is 2.18. The number of hydrogen-bond donors (Lipinski definition) is 0. The molecule has 4 nitrogen and oxygen atoms in total. The zero-order chi connectivity index (χ0) is 13.6. The molecule has 0 radical (unpaired) electrons. The Kier molecular flexibility index (Phi) is 13.4. The normalized spacial score (nSPS) is 13.1. The van der Waals surface area contributed by atoms with Crippen molar-refractivity contribution in [3.8, 4) is 0 Å². The van der Waals surface area contributed by atoms with Crippen LogP contribution in [0.1, 0.15) is 26.2 Å². The maximum atomic E-state index is 5.44. The predicted octanol–water partition coefficient (Wildman–Crippen LogP) is 3.28. The van der Waals surface area contributed by atoms with Crippen molar-refractivity contribution in [2.24, 2.45) is 8.80 Å². The van der Waals surface area contributed by atoms with Crippen LogP contribution in [-0.2, 0) is 9.47 Å². The second-order valence-corrected chi connectivity index (χ2v) is 4.60. The van der Waals surface area contributed by atoms with E-state index < -0.39 is 0 Å². The van der Waals surface area contributed by atoms with E-state index in [4.69, 9.17) is 9.47 Å². The van der Waals surface area contributed by atoms with Gasteiger partial charge in [-0.1, -0.05) is 6.92 Å². The van der Waals surface area contributed by atoms with Crippen molar-refractivity contribution in [2.75, 3.05) is 39.4 Å². The predicted molar refractivity (Wildman–Crippen MR) is 84.1 cm³/mol. The number of methoxy groups -OCH3 is 1. The minimum absolute atomic E-state index is 0.653. The molecule has 0 aromatic rings. The fourth-order valence-corrected chi connectivity index (χ4v) is 2.24. The highest BCUT2D eigenvalue weighted by Crippen LogP contribution is 2.08. The zero-order valence-corrected chi connectivity index (χ0v) is 13.4. The molecule has 0 rings (SSSR count). The molecule has 106 valence electrons. The Labute approximate surface area is 119 Å². The van der Waals surface area contributed by atoms with Crippen LogP contribution in [0, 0.1) is 0 Å². The van der Waals surface area contributed by atoms with Gasteiger partial charge in [0.15, 0.2) is 0 Å². The Balaban J connectivity index is 4.05. The second kappa shape index (κ2) is 13.4. The molecule has 0 unspecified atom stereocenters. The molecule has 0 aromatic carbocycles. The van der Waals surface area contributed by atoms with Crippen molar-refractivity contribution in [1.29, 1.82) is 0 Å². The first-order chi connectivity index (χ1) is 8.79. The molecule has 0 fully saturated rings. The summed E-state index contributed by atoms with van der Waals surface area (Å²) in [7, 11) is 1.68. The van der Waals surface area contributed by atoms with E-state index in [-0.39, 0.29) is 0 Å². The molecule has 0 heterocycles. The third-order valence-electron chi connectivity index (χ3n) is 2.21. The van der Waals surface area contributed by atoms with Gasteiger partial charge in [0.2, 0.25) is 0 Å². The van der Waals surface area contributed by atoms with E-state index in [1.54, 1.807) is 7.11 Å². The Morgan fingerprint density at radius 3 is 2.22 bits per heavy atom. The van der Waals surface area contributed by atoms with Crippen molar-refractivity contribution in [3.05, 3.63) is 0 Å². The third-order valence-corrected chi connectivity index (χ3v) is 3.01. The summed E-state index contributed by atoms with van der Waals surface area (Å²) >= 11 is 2.98. The molecule has 0 bridgehead atoms. The molecule has 0 aliphatic rings. The van der Waals surface area contributed by atoms with E-state index in [9.17, 15) is 0 Å². The molecule has 0 saturated carbocycles. The van der Waals surface area contributed by atoms with E-state index in [1.165, 1.54) is 23.9 Å². The van der Waals surface area contributed by atoms with E-state index in [1.807, 2.05) is 12.5 Å². The molecule has 0 spiro atoms. The molecule has 0 aliphatic carbocycles. The minimum Gasteiger partial charge on any atom is -0.382 e. The second-order valence-electron chi connectivity index (χ2n) is 3.50. The average Bonchev–Trinajstić information content (AvgIpc) is 2.39. The van der Waals surface area contributed by atoms with Gasteiger partial charge < -0.3 is 9.47 Å². The Hall–Kier alpha value is -0.0400. The first kappa shape index (κ1) is 18.0. The fourth-order valence-electron chi connectivity index (χ4n) is 1.37. The summed E-state index contributed by atoms with van der Waals surface area (Å²) in [4.78, 5) is 0. The highest BCUT2D eigenvalue weighted by molar-refractivity contribution is 7.97. The molecule has 0 N–H and O–H groups in total. The monoisotopic (exact) mass is 292 g/mol. The van der Waals surface area contributed by atoms with Crippen LogP contribution in [0.4, 0.5) is 0 Å². The van der Waals surface area contributed by atoms with Crippen molar-refractivity contribution < 1.29 is 9.47 Å². The van der Waals surface area contributed by atoms with Crippen LogP contribution in [0.5, 0.6) is 0 Å². The lowest BCUT2D eigenvalue weighted by atomic mass is 10.1. The maximum absolute atomic E-state index is 5.44. The van der Waals surface area contributed by atoms with Crippen LogP contribution in [0.15, 0.2) is 8.80 Å². The van der Waals surface area contributed by atoms with E-state index in [2.05, 4.69) is 15.7 Å². The van der Waals surface area contributed by atoms with Gasteiger partial charge in [0.25, 0.3) is 0 Å². The van der Waals surface area contributed by atoms with Crippen LogP contribution >= 0.6 is 23.9 Å². The summed E-state index contributed by atoms with van der Waals surface area (Å²) in [6.45, 7) is 4.16. The van der Waals surface area contributed by atoms with E-state index >= 15 is 0 Å². The van der Waals surface area contributed by atoms with Crippen LogP contribution in [0.3, 0.4) is 0 Å². The van der Waals surface area contributed by atoms with Crippen molar-refractivity contribution >= 4 is 35.3 Å². The lowest BCUT2D eigenvalue weighted by molar-refractivity contribution is 0.0701. The molecule has 0 aliphatic heterocycles. The smallest absolute Gasteiger partial charge is 0.0708 e. The third kappa shape index (κ3) is 8.97. The van der Waals surface area contributed by atoms with Gasteiger partial charge in [0.1, 0.15) is 0 Å². The molecular weight excluding hydrogens is 268 g/mol. The van der Waals surface area contributed by atoms with Crippen LogP contribution in [0.25, 0.3) is 0 Å². The lowest BCUT2D eigenvalue weighted by Gasteiger charge is -2.08. The van der Waals surface area contributed by atoms with Gasteiger partial charge in [0, 0.05) is 26.2 Å². The molecule has 6 heteroatoms. The van der Waals surface area contributed by atoms with E-state index in [0.717, 1.165) is 37.3 Å². The Morgan fingerprint density at radius 1 is 1.00 bits per heavy atom. The largest absolute Gasteiger partial charge is 0.382 e. The molecule has 0 saturated heterocycles. The lowest BCUT2D eigenvalue weighted by Crippen LogP contribution is -2.14. The van der Waals surface area contributed by atoms with Crippen LogP contribution in [0.2, 0.25) is 0 Å².